The zero-order valence-electron chi connectivity index (χ0n) is 22.1. The first-order valence-corrected chi connectivity index (χ1v) is 12.6. The Morgan fingerprint density at radius 1 is 0.846 bits per heavy atom. The van der Waals surface area contributed by atoms with E-state index in [1.807, 2.05) is 43.3 Å². The third kappa shape index (κ3) is 7.34. The van der Waals surface area contributed by atoms with Gasteiger partial charge in [-0.05, 0) is 30.2 Å². The molecule has 1 saturated heterocycles. The molecule has 3 N–H and O–H groups in total. The maximum atomic E-state index is 12.1. The van der Waals surface area contributed by atoms with Gasteiger partial charge in [-0.1, -0.05) is 72.8 Å². The average Bonchev–Trinajstić information content (AvgIpc) is 3.34. The molecule has 2 unspecified atom stereocenters. The number of piperazine rings is 1. The quantitative estimate of drug-likeness (QED) is 0.242. The molecule has 0 aliphatic carbocycles. The van der Waals surface area contributed by atoms with Crippen LogP contribution < -0.4 is 10.1 Å². The molecule has 0 amide bonds. The maximum Gasteiger partial charge on any atom is 0.138 e. The summed E-state index contributed by atoms with van der Waals surface area (Å²) in [6, 6.07) is 28.7. The number of imidazole rings is 1. The number of aromatic nitrogens is 2. The van der Waals surface area contributed by atoms with Crippen LogP contribution in [0.1, 0.15) is 34.5 Å². The van der Waals surface area contributed by atoms with Crippen LogP contribution >= 0.6 is 37.2 Å². The van der Waals surface area contributed by atoms with Crippen LogP contribution in [0, 0.1) is 6.92 Å². The molecule has 4 aromatic rings. The van der Waals surface area contributed by atoms with Crippen molar-refractivity contribution in [2.24, 2.45) is 0 Å². The number of ether oxygens (including phenoxy) is 1. The van der Waals surface area contributed by atoms with E-state index in [-0.39, 0.29) is 49.2 Å². The number of rotatable bonds is 8. The summed E-state index contributed by atoms with van der Waals surface area (Å²) in [5, 5.41) is 15.6. The number of hydrogen-bond acceptors (Lipinski definition) is 5. The molecule has 1 aliphatic heterocycles. The molecule has 0 saturated carbocycles. The standard InChI is InChI=1S/C30H34N4O2.3ClH/c1-21-27(33-30(32-21)24-14-9-15-25(20-24)36-2)29(35)28(34-18-16-31-17-19-34)26(22-10-5-3-6-11-22)23-12-7-4-8-13-23;;;/h3-15,20,26,28-29,31,35H,16-19H2,1-2H3,(H,32,33);3*1H. The summed E-state index contributed by atoms with van der Waals surface area (Å²) in [7, 11) is 1.66. The molecule has 210 valence electrons. The fourth-order valence-electron chi connectivity index (χ4n) is 5.31. The van der Waals surface area contributed by atoms with Gasteiger partial charge in [0.2, 0.25) is 0 Å². The van der Waals surface area contributed by atoms with Gasteiger partial charge in [0.1, 0.15) is 17.7 Å². The number of nitrogens with zero attached hydrogens (tertiary/aromatic N) is 2. The van der Waals surface area contributed by atoms with Crippen molar-refractivity contribution in [2.45, 2.75) is 25.0 Å². The summed E-state index contributed by atoms with van der Waals surface area (Å²) in [5.41, 5.74) is 4.87. The summed E-state index contributed by atoms with van der Waals surface area (Å²) in [6.45, 7) is 5.51. The fourth-order valence-corrected chi connectivity index (χ4v) is 5.31. The van der Waals surface area contributed by atoms with Gasteiger partial charge in [0.25, 0.3) is 0 Å². The van der Waals surface area contributed by atoms with E-state index in [2.05, 4.69) is 63.7 Å². The third-order valence-corrected chi connectivity index (χ3v) is 7.10. The van der Waals surface area contributed by atoms with Crippen LogP contribution in [0.2, 0.25) is 0 Å². The minimum atomic E-state index is -0.788. The number of nitrogens with one attached hydrogen (secondary N) is 2. The monoisotopic (exact) mass is 590 g/mol. The van der Waals surface area contributed by atoms with Crippen LogP contribution in [0.15, 0.2) is 84.9 Å². The lowest BCUT2D eigenvalue weighted by Gasteiger charge is -2.42. The first kappa shape index (κ1) is 32.6. The van der Waals surface area contributed by atoms with Crippen molar-refractivity contribution < 1.29 is 9.84 Å². The Morgan fingerprint density at radius 3 is 2.00 bits per heavy atom. The van der Waals surface area contributed by atoms with Gasteiger partial charge in [0, 0.05) is 43.4 Å². The number of hydrogen-bond donors (Lipinski definition) is 3. The molecule has 0 bridgehead atoms. The number of halogens is 3. The molecule has 9 heteroatoms. The molecule has 1 fully saturated rings. The molecule has 1 aromatic heterocycles. The average molecular weight is 592 g/mol. The second kappa shape index (κ2) is 15.3. The lowest BCUT2D eigenvalue weighted by Crippen LogP contribution is -2.52. The number of benzene rings is 3. The highest BCUT2D eigenvalue weighted by Crippen LogP contribution is 2.38. The molecule has 2 heterocycles. The second-order valence-electron chi connectivity index (χ2n) is 9.35. The molecule has 0 spiro atoms. The number of aryl methyl sites for hydroxylation is 1. The van der Waals surface area contributed by atoms with E-state index >= 15 is 0 Å². The van der Waals surface area contributed by atoms with Gasteiger partial charge in [-0.15, -0.1) is 37.2 Å². The SMILES string of the molecule is COc1cccc(-c2nc(C(O)C(C(c3ccccc3)c3ccccc3)N3CCNCC3)c(C)[nH]2)c1.Cl.Cl.Cl. The number of H-pyrrole nitrogens is 1. The maximum absolute atomic E-state index is 12.1. The van der Waals surface area contributed by atoms with Crippen LogP contribution in [-0.2, 0) is 0 Å². The Morgan fingerprint density at radius 2 is 1.44 bits per heavy atom. The largest absolute Gasteiger partial charge is 0.497 e. The van der Waals surface area contributed by atoms with Crippen molar-refractivity contribution in [1.82, 2.24) is 20.2 Å². The van der Waals surface area contributed by atoms with E-state index in [4.69, 9.17) is 9.72 Å². The second-order valence-corrected chi connectivity index (χ2v) is 9.35. The minimum absolute atomic E-state index is 0. The van der Waals surface area contributed by atoms with Crippen LogP contribution in [0.25, 0.3) is 11.4 Å². The predicted molar refractivity (Wildman–Crippen MR) is 165 cm³/mol. The summed E-state index contributed by atoms with van der Waals surface area (Å²) < 4.78 is 5.40. The van der Waals surface area contributed by atoms with Gasteiger partial charge in [0.15, 0.2) is 0 Å². The molecular weight excluding hydrogens is 555 g/mol. The van der Waals surface area contributed by atoms with Crippen LogP contribution in [0.3, 0.4) is 0 Å². The number of methoxy groups -OCH3 is 1. The van der Waals surface area contributed by atoms with Gasteiger partial charge >= 0.3 is 0 Å². The van der Waals surface area contributed by atoms with Crippen molar-refractivity contribution in [3.05, 3.63) is 107 Å². The highest BCUT2D eigenvalue weighted by atomic mass is 35.5. The van der Waals surface area contributed by atoms with Gasteiger partial charge in [-0.3, -0.25) is 4.90 Å². The van der Waals surface area contributed by atoms with Crippen molar-refractivity contribution in [2.75, 3.05) is 33.3 Å². The predicted octanol–water partition coefficient (Wildman–Crippen LogP) is 5.80. The molecule has 3 aromatic carbocycles. The van der Waals surface area contributed by atoms with Crippen molar-refractivity contribution in [3.8, 4) is 17.1 Å². The minimum Gasteiger partial charge on any atom is -0.497 e. The third-order valence-electron chi connectivity index (χ3n) is 7.10. The number of aliphatic hydroxyl groups excluding tert-OH is 1. The van der Waals surface area contributed by atoms with Gasteiger partial charge in [-0.2, -0.15) is 0 Å². The first-order valence-electron chi connectivity index (χ1n) is 12.6. The summed E-state index contributed by atoms with van der Waals surface area (Å²) in [4.78, 5) is 10.8. The first-order chi connectivity index (χ1) is 17.7. The number of aromatic amines is 1. The Balaban J connectivity index is 0.00000178. The lowest BCUT2D eigenvalue weighted by atomic mass is 9.80. The van der Waals surface area contributed by atoms with E-state index in [1.54, 1.807) is 7.11 Å². The number of aliphatic hydroxyl groups is 1. The molecule has 2 atom stereocenters. The van der Waals surface area contributed by atoms with Crippen molar-refractivity contribution >= 4 is 37.2 Å². The Bertz CT molecular complexity index is 1230. The van der Waals surface area contributed by atoms with Crippen LogP contribution in [0.5, 0.6) is 5.75 Å². The molecule has 39 heavy (non-hydrogen) atoms. The fraction of sp³-hybridized carbons (Fsp3) is 0.300. The molecular formula is C30H37Cl3N4O2. The molecule has 5 rings (SSSR count). The highest BCUT2D eigenvalue weighted by Gasteiger charge is 2.38. The van der Waals surface area contributed by atoms with Gasteiger partial charge in [-0.25, -0.2) is 4.98 Å². The Kier molecular flexibility index (Phi) is 12.8. The zero-order chi connectivity index (χ0) is 24.9. The van der Waals surface area contributed by atoms with E-state index in [0.717, 1.165) is 49.0 Å². The smallest absolute Gasteiger partial charge is 0.138 e. The molecule has 6 nitrogen and oxygen atoms in total. The van der Waals surface area contributed by atoms with Gasteiger partial charge < -0.3 is 20.1 Å². The Labute approximate surface area is 249 Å². The van der Waals surface area contributed by atoms with Crippen LogP contribution in [-0.4, -0.2) is 59.3 Å². The van der Waals surface area contributed by atoms with Crippen molar-refractivity contribution in [1.29, 1.82) is 0 Å². The van der Waals surface area contributed by atoms with Gasteiger partial charge in [0.05, 0.1) is 18.8 Å². The van der Waals surface area contributed by atoms with Crippen molar-refractivity contribution in [3.63, 3.8) is 0 Å². The lowest BCUT2D eigenvalue weighted by molar-refractivity contribution is 0.0295. The zero-order valence-corrected chi connectivity index (χ0v) is 24.6. The highest BCUT2D eigenvalue weighted by molar-refractivity contribution is 5.86. The molecule has 0 radical (unpaired) electrons. The Hall–Kier alpha value is -2.58. The summed E-state index contributed by atoms with van der Waals surface area (Å²) in [5.74, 6) is 1.49. The molecule has 1 aliphatic rings. The normalized spacial score (nSPS) is 14.9. The van der Waals surface area contributed by atoms with Crippen LogP contribution in [0.4, 0.5) is 0 Å². The topological polar surface area (TPSA) is 73.4 Å². The van der Waals surface area contributed by atoms with E-state index in [1.165, 1.54) is 11.1 Å². The van der Waals surface area contributed by atoms with E-state index in [9.17, 15) is 5.11 Å². The summed E-state index contributed by atoms with van der Waals surface area (Å²) in [6.07, 6.45) is -0.788. The van der Waals surface area contributed by atoms with E-state index < -0.39 is 6.10 Å². The summed E-state index contributed by atoms with van der Waals surface area (Å²) >= 11 is 0. The van der Waals surface area contributed by atoms with E-state index in [0.29, 0.717) is 5.69 Å².